The predicted molar refractivity (Wildman–Crippen MR) is 74.4 cm³/mol. The van der Waals surface area contributed by atoms with Crippen LogP contribution in [-0.2, 0) is 19.3 Å². The average molecular weight is 252 g/mol. The average Bonchev–Trinajstić information content (AvgIpc) is 2.55. The molecule has 0 aromatic carbocycles. The van der Waals surface area contributed by atoms with Crippen molar-refractivity contribution in [3.63, 3.8) is 0 Å². The SMILES string of the molecule is CC(N)Cc1nc2c(s1)CC(C(C)(C)C)CC2. The van der Waals surface area contributed by atoms with Gasteiger partial charge in [-0.2, -0.15) is 0 Å². The first kappa shape index (κ1) is 13.0. The fourth-order valence-electron chi connectivity index (χ4n) is 2.53. The van der Waals surface area contributed by atoms with Gasteiger partial charge in [0.1, 0.15) is 0 Å². The van der Waals surface area contributed by atoms with Crippen LogP contribution in [0.3, 0.4) is 0 Å². The van der Waals surface area contributed by atoms with Crippen LogP contribution in [-0.4, -0.2) is 11.0 Å². The van der Waals surface area contributed by atoms with Crippen molar-refractivity contribution in [1.82, 2.24) is 4.98 Å². The fourth-order valence-corrected chi connectivity index (χ4v) is 3.87. The molecule has 0 bridgehead atoms. The molecule has 0 amide bonds. The van der Waals surface area contributed by atoms with Crippen LogP contribution in [0.1, 0.15) is 49.7 Å². The van der Waals surface area contributed by atoms with Gasteiger partial charge in [0.05, 0.1) is 10.7 Å². The van der Waals surface area contributed by atoms with Crippen molar-refractivity contribution in [2.24, 2.45) is 17.1 Å². The van der Waals surface area contributed by atoms with Crippen LogP contribution in [0.25, 0.3) is 0 Å². The Morgan fingerprint density at radius 3 is 2.76 bits per heavy atom. The van der Waals surface area contributed by atoms with Crippen LogP contribution in [0, 0.1) is 11.3 Å². The summed E-state index contributed by atoms with van der Waals surface area (Å²) in [5.74, 6) is 0.804. The van der Waals surface area contributed by atoms with Crippen molar-refractivity contribution in [3.05, 3.63) is 15.6 Å². The molecule has 17 heavy (non-hydrogen) atoms. The number of nitrogens with two attached hydrogens (primary N) is 1. The van der Waals surface area contributed by atoms with E-state index in [2.05, 4.69) is 27.7 Å². The predicted octanol–water partition coefficient (Wildman–Crippen LogP) is 3.18. The van der Waals surface area contributed by atoms with Gasteiger partial charge < -0.3 is 5.73 Å². The number of nitrogens with zero attached hydrogens (tertiary/aromatic N) is 1. The first-order valence-electron chi connectivity index (χ1n) is 6.59. The third kappa shape index (κ3) is 3.08. The highest BCUT2D eigenvalue weighted by molar-refractivity contribution is 7.11. The lowest BCUT2D eigenvalue weighted by Gasteiger charge is -2.33. The molecule has 96 valence electrons. The quantitative estimate of drug-likeness (QED) is 0.878. The largest absolute Gasteiger partial charge is 0.328 e. The minimum absolute atomic E-state index is 0.223. The zero-order chi connectivity index (χ0) is 12.6. The normalized spacial score (nSPS) is 22.3. The number of aromatic nitrogens is 1. The van der Waals surface area contributed by atoms with Crippen LogP contribution in [0.5, 0.6) is 0 Å². The minimum Gasteiger partial charge on any atom is -0.328 e. The van der Waals surface area contributed by atoms with E-state index in [1.807, 2.05) is 11.3 Å². The highest BCUT2D eigenvalue weighted by Gasteiger charge is 2.30. The monoisotopic (exact) mass is 252 g/mol. The van der Waals surface area contributed by atoms with Gasteiger partial charge in [0.15, 0.2) is 0 Å². The van der Waals surface area contributed by atoms with Crippen molar-refractivity contribution in [2.45, 2.75) is 59.4 Å². The number of thiazole rings is 1. The maximum absolute atomic E-state index is 5.85. The van der Waals surface area contributed by atoms with E-state index in [4.69, 9.17) is 10.7 Å². The zero-order valence-corrected chi connectivity index (χ0v) is 12.2. The molecular weight excluding hydrogens is 228 g/mol. The highest BCUT2D eigenvalue weighted by Crippen LogP contribution is 2.39. The lowest BCUT2D eigenvalue weighted by Crippen LogP contribution is -2.26. The molecule has 2 atom stereocenters. The summed E-state index contributed by atoms with van der Waals surface area (Å²) in [6, 6.07) is 0.223. The first-order valence-corrected chi connectivity index (χ1v) is 7.41. The van der Waals surface area contributed by atoms with E-state index in [-0.39, 0.29) is 6.04 Å². The lowest BCUT2D eigenvalue weighted by atomic mass is 9.73. The van der Waals surface area contributed by atoms with Crippen LogP contribution < -0.4 is 5.73 Å². The Morgan fingerprint density at radius 2 is 2.18 bits per heavy atom. The molecule has 0 radical (unpaired) electrons. The van der Waals surface area contributed by atoms with E-state index in [9.17, 15) is 0 Å². The van der Waals surface area contributed by atoms with Gasteiger partial charge in [0, 0.05) is 17.3 Å². The molecule has 2 rings (SSSR count). The van der Waals surface area contributed by atoms with Gasteiger partial charge in [-0.15, -0.1) is 11.3 Å². The first-order chi connectivity index (χ1) is 7.86. The summed E-state index contributed by atoms with van der Waals surface area (Å²) in [6.07, 6.45) is 4.60. The summed E-state index contributed by atoms with van der Waals surface area (Å²) in [6.45, 7) is 9.12. The van der Waals surface area contributed by atoms with Gasteiger partial charge in [0.2, 0.25) is 0 Å². The Labute approximate surface area is 109 Å². The van der Waals surface area contributed by atoms with Gasteiger partial charge in [-0.05, 0) is 37.5 Å². The van der Waals surface area contributed by atoms with Gasteiger partial charge in [-0.3, -0.25) is 0 Å². The Bertz CT molecular complexity index is 387. The maximum Gasteiger partial charge on any atom is 0.0946 e. The van der Waals surface area contributed by atoms with Gasteiger partial charge in [-0.25, -0.2) is 4.98 Å². The zero-order valence-electron chi connectivity index (χ0n) is 11.4. The second-order valence-corrected chi connectivity index (χ2v) is 7.63. The molecule has 0 saturated carbocycles. The minimum atomic E-state index is 0.223. The topological polar surface area (TPSA) is 38.9 Å². The standard InChI is InChI=1S/C14H24N2S/c1-9(15)7-13-16-11-6-5-10(14(2,3)4)8-12(11)17-13/h9-10H,5-8,15H2,1-4H3. The molecular formula is C14H24N2S. The Hall–Kier alpha value is -0.410. The number of hydrogen-bond acceptors (Lipinski definition) is 3. The number of hydrogen-bond donors (Lipinski definition) is 1. The summed E-state index contributed by atoms with van der Waals surface area (Å²) in [5, 5.41) is 1.24. The van der Waals surface area contributed by atoms with Crippen LogP contribution in [0.4, 0.5) is 0 Å². The number of fused-ring (bicyclic) bond motifs is 1. The molecule has 2 nitrogen and oxygen atoms in total. The highest BCUT2D eigenvalue weighted by atomic mass is 32.1. The molecule has 0 saturated heterocycles. The lowest BCUT2D eigenvalue weighted by molar-refractivity contribution is 0.217. The van der Waals surface area contributed by atoms with E-state index in [0.717, 1.165) is 18.8 Å². The Balaban J connectivity index is 2.13. The van der Waals surface area contributed by atoms with Gasteiger partial charge >= 0.3 is 0 Å². The third-order valence-corrected chi connectivity index (χ3v) is 4.85. The van der Waals surface area contributed by atoms with E-state index in [1.54, 1.807) is 0 Å². The summed E-state index contributed by atoms with van der Waals surface area (Å²) in [4.78, 5) is 6.27. The molecule has 2 N–H and O–H groups in total. The fraction of sp³-hybridized carbons (Fsp3) is 0.786. The summed E-state index contributed by atoms with van der Waals surface area (Å²) >= 11 is 1.89. The van der Waals surface area contributed by atoms with Crippen LogP contribution in [0.2, 0.25) is 0 Å². The van der Waals surface area contributed by atoms with Crippen LogP contribution in [0.15, 0.2) is 0 Å². The molecule has 0 spiro atoms. The molecule has 2 unspecified atom stereocenters. The molecule has 0 fully saturated rings. The molecule has 1 aliphatic carbocycles. The second kappa shape index (κ2) is 4.69. The summed E-state index contributed by atoms with van der Waals surface area (Å²) < 4.78 is 0. The third-order valence-electron chi connectivity index (χ3n) is 3.71. The smallest absolute Gasteiger partial charge is 0.0946 e. The molecule has 1 aromatic heterocycles. The van der Waals surface area contributed by atoms with Gasteiger partial charge in [-0.1, -0.05) is 20.8 Å². The van der Waals surface area contributed by atoms with E-state index < -0.39 is 0 Å². The maximum atomic E-state index is 5.85. The Morgan fingerprint density at radius 1 is 1.47 bits per heavy atom. The van der Waals surface area contributed by atoms with Crippen molar-refractivity contribution in [1.29, 1.82) is 0 Å². The van der Waals surface area contributed by atoms with Crippen LogP contribution >= 0.6 is 11.3 Å². The Kier molecular flexibility index (Phi) is 3.60. The molecule has 1 aromatic rings. The second-order valence-electron chi connectivity index (χ2n) is 6.46. The summed E-state index contributed by atoms with van der Waals surface area (Å²) in [5.41, 5.74) is 7.62. The number of rotatable bonds is 2. The summed E-state index contributed by atoms with van der Waals surface area (Å²) in [7, 11) is 0. The van der Waals surface area contributed by atoms with Crippen molar-refractivity contribution in [2.75, 3.05) is 0 Å². The van der Waals surface area contributed by atoms with Crippen molar-refractivity contribution >= 4 is 11.3 Å². The molecule has 1 aliphatic rings. The van der Waals surface area contributed by atoms with E-state index in [0.29, 0.717) is 5.41 Å². The van der Waals surface area contributed by atoms with Crippen molar-refractivity contribution in [3.8, 4) is 0 Å². The molecule has 3 heteroatoms. The van der Waals surface area contributed by atoms with Gasteiger partial charge in [0.25, 0.3) is 0 Å². The van der Waals surface area contributed by atoms with E-state index >= 15 is 0 Å². The molecule has 0 aliphatic heterocycles. The number of aryl methyl sites for hydroxylation is 1. The van der Waals surface area contributed by atoms with E-state index in [1.165, 1.54) is 28.4 Å². The van der Waals surface area contributed by atoms with Crippen molar-refractivity contribution < 1.29 is 0 Å². The molecule has 1 heterocycles.